The van der Waals surface area contributed by atoms with Gasteiger partial charge in [0.1, 0.15) is 11.4 Å². The molecule has 25 heavy (non-hydrogen) atoms. The number of carbonyl (C=O) groups excluding carboxylic acids is 1. The molecular formula is C19H18N4O2. The Kier molecular flexibility index (Phi) is 5.21. The van der Waals surface area contributed by atoms with E-state index in [1.165, 1.54) is 0 Å². The number of ether oxygens (including phenoxy) is 1. The second kappa shape index (κ2) is 7.92. The zero-order chi connectivity index (χ0) is 17.5. The molecule has 3 rings (SSSR count). The molecular weight excluding hydrogens is 316 g/mol. The van der Waals surface area contributed by atoms with Gasteiger partial charge in [-0.15, -0.1) is 0 Å². The Morgan fingerprint density at radius 2 is 1.80 bits per heavy atom. The third-order valence-corrected chi connectivity index (χ3v) is 3.53. The van der Waals surface area contributed by atoms with E-state index in [-0.39, 0.29) is 5.91 Å². The summed E-state index contributed by atoms with van der Waals surface area (Å²) in [7, 11) is 1.63. The van der Waals surface area contributed by atoms with Crippen LogP contribution in [0.3, 0.4) is 0 Å². The van der Waals surface area contributed by atoms with Crippen molar-refractivity contribution in [1.29, 1.82) is 0 Å². The summed E-state index contributed by atoms with van der Waals surface area (Å²) in [5, 5.41) is 5.92. The molecule has 0 atom stereocenters. The minimum absolute atomic E-state index is 0.277. The molecule has 0 saturated heterocycles. The number of amides is 1. The van der Waals surface area contributed by atoms with E-state index in [1.54, 1.807) is 19.4 Å². The van der Waals surface area contributed by atoms with Gasteiger partial charge in [0.05, 0.1) is 7.11 Å². The second-order valence-electron chi connectivity index (χ2n) is 5.29. The van der Waals surface area contributed by atoms with Crippen LogP contribution in [0.25, 0.3) is 0 Å². The fraction of sp³-hybridized carbons (Fsp3) is 0.105. The molecule has 3 aromatic rings. The first kappa shape index (κ1) is 16.4. The molecule has 0 bridgehead atoms. The summed E-state index contributed by atoms with van der Waals surface area (Å²) in [5.41, 5.74) is 2.08. The predicted molar refractivity (Wildman–Crippen MR) is 96.7 cm³/mol. The van der Waals surface area contributed by atoms with Crippen molar-refractivity contribution in [2.45, 2.75) is 6.54 Å². The molecule has 0 radical (unpaired) electrons. The number of hydrogen-bond donors (Lipinski definition) is 2. The first-order valence-electron chi connectivity index (χ1n) is 7.81. The number of anilines is 2. The third kappa shape index (κ3) is 4.54. The van der Waals surface area contributed by atoms with Crippen molar-refractivity contribution in [3.8, 4) is 5.75 Å². The standard InChI is InChI=1S/C19H18N4O2/c1-25-16-9-7-14(8-10-16)13-21-19-20-12-11-17(23-19)18(24)22-15-5-3-2-4-6-15/h2-12H,13H2,1H3,(H,22,24)(H,20,21,23). The predicted octanol–water partition coefficient (Wildman–Crippen LogP) is 3.35. The fourth-order valence-electron chi connectivity index (χ4n) is 2.21. The molecule has 2 aromatic carbocycles. The van der Waals surface area contributed by atoms with Gasteiger partial charge in [0, 0.05) is 18.4 Å². The van der Waals surface area contributed by atoms with Crippen LogP contribution in [0.15, 0.2) is 66.9 Å². The molecule has 6 heteroatoms. The molecule has 0 spiro atoms. The SMILES string of the molecule is COc1ccc(CNc2nccc(C(=O)Nc3ccccc3)n2)cc1. The van der Waals surface area contributed by atoms with Crippen LogP contribution in [0.5, 0.6) is 5.75 Å². The van der Waals surface area contributed by atoms with Crippen molar-refractivity contribution in [3.05, 3.63) is 78.1 Å². The highest BCUT2D eigenvalue weighted by Gasteiger charge is 2.09. The molecule has 0 aliphatic heterocycles. The summed E-state index contributed by atoms with van der Waals surface area (Å²) in [5.74, 6) is 0.928. The van der Waals surface area contributed by atoms with Gasteiger partial charge < -0.3 is 15.4 Å². The first-order valence-corrected chi connectivity index (χ1v) is 7.81. The molecule has 1 aromatic heterocycles. The Morgan fingerprint density at radius 3 is 2.52 bits per heavy atom. The van der Waals surface area contributed by atoms with Crippen LogP contribution in [-0.2, 0) is 6.54 Å². The number of nitrogens with one attached hydrogen (secondary N) is 2. The molecule has 1 heterocycles. The van der Waals surface area contributed by atoms with Gasteiger partial charge in [0.2, 0.25) is 5.95 Å². The molecule has 6 nitrogen and oxygen atoms in total. The lowest BCUT2D eigenvalue weighted by molar-refractivity contribution is 0.102. The van der Waals surface area contributed by atoms with Gasteiger partial charge in [0.25, 0.3) is 5.91 Å². The van der Waals surface area contributed by atoms with E-state index in [2.05, 4.69) is 20.6 Å². The van der Waals surface area contributed by atoms with E-state index in [9.17, 15) is 4.79 Å². The third-order valence-electron chi connectivity index (χ3n) is 3.53. The highest BCUT2D eigenvalue weighted by atomic mass is 16.5. The smallest absolute Gasteiger partial charge is 0.274 e. The average molecular weight is 334 g/mol. The molecule has 0 unspecified atom stereocenters. The molecule has 2 N–H and O–H groups in total. The molecule has 1 amide bonds. The van der Waals surface area contributed by atoms with Crippen LogP contribution < -0.4 is 15.4 Å². The average Bonchev–Trinajstić information content (AvgIpc) is 2.68. The van der Waals surface area contributed by atoms with E-state index in [1.807, 2.05) is 54.6 Å². The van der Waals surface area contributed by atoms with Crippen molar-refractivity contribution in [1.82, 2.24) is 9.97 Å². The van der Waals surface area contributed by atoms with Gasteiger partial charge >= 0.3 is 0 Å². The Hall–Kier alpha value is -3.41. The van der Waals surface area contributed by atoms with Crippen LogP contribution in [0.1, 0.15) is 16.1 Å². The number of nitrogens with zero attached hydrogens (tertiary/aromatic N) is 2. The maximum Gasteiger partial charge on any atom is 0.274 e. The largest absolute Gasteiger partial charge is 0.497 e. The zero-order valence-corrected chi connectivity index (χ0v) is 13.8. The van der Waals surface area contributed by atoms with Crippen molar-refractivity contribution in [3.63, 3.8) is 0 Å². The van der Waals surface area contributed by atoms with E-state index >= 15 is 0 Å². The number of rotatable bonds is 6. The number of carbonyl (C=O) groups is 1. The summed E-state index contributed by atoms with van der Waals surface area (Å²) < 4.78 is 5.13. The van der Waals surface area contributed by atoms with Gasteiger partial charge in [-0.05, 0) is 35.9 Å². The van der Waals surface area contributed by atoms with Crippen LogP contribution in [0.2, 0.25) is 0 Å². The summed E-state index contributed by atoms with van der Waals surface area (Å²) in [6, 6.07) is 18.5. The van der Waals surface area contributed by atoms with E-state index in [0.717, 1.165) is 17.0 Å². The van der Waals surface area contributed by atoms with Gasteiger partial charge in [0.15, 0.2) is 0 Å². The van der Waals surface area contributed by atoms with E-state index in [4.69, 9.17) is 4.74 Å². The molecule has 0 saturated carbocycles. The second-order valence-corrected chi connectivity index (χ2v) is 5.29. The van der Waals surface area contributed by atoms with Crippen LogP contribution in [-0.4, -0.2) is 23.0 Å². The van der Waals surface area contributed by atoms with Crippen molar-refractivity contribution < 1.29 is 9.53 Å². The summed E-state index contributed by atoms with van der Waals surface area (Å²) in [6.07, 6.45) is 1.56. The highest BCUT2D eigenvalue weighted by Crippen LogP contribution is 2.13. The number of hydrogen-bond acceptors (Lipinski definition) is 5. The Labute approximate surface area is 145 Å². The Morgan fingerprint density at radius 1 is 1.04 bits per heavy atom. The monoisotopic (exact) mass is 334 g/mol. The number of aromatic nitrogens is 2. The van der Waals surface area contributed by atoms with Gasteiger partial charge in [-0.3, -0.25) is 4.79 Å². The lowest BCUT2D eigenvalue weighted by Gasteiger charge is -2.08. The van der Waals surface area contributed by atoms with E-state index < -0.39 is 0 Å². The van der Waals surface area contributed by atoms with Crippen molar-refractivity contribution in [2.75, 3.05) is 17.7 Å². The van der Waals surface area contributed by atoms with Crippen molar-refractivity contribution >= 4 is 17.5 Å². The fourth-order valence-corrected chi connectivity index (χ4v) is 2.21. The van der Waals surface area contributed by atoms with Crippen LogP contribution in [0, 0.1) is 0 Å². The maximum absolute atomic E-state index is 12.3. The zero-order valence-electron chi connectivity index (χ0n) is 13.8. The molecule has 126 valence electrons. The maximum atomic E-state index is 12.3. The van der Waals surface area contributed by atoms with Crippen molar-refractivity contribution in [2.24, 2.45) is 0 Å². The van der Waals surface area contributed by atoms with Gasteiger partial charge in [-0.1, -0.05) is 30.3 Å². The van der Waals surface area contributed by atoms with Crippen LogP contribution in [0.4, 0.5) is 11.6 Å². The summed E-state index contributed by atoms with van der Waals surface area (Å²) >= 11 is 0. The molecule has 0 fully saturated rings. The van der Waals surface area contributed by atoms with Gasteiger partial charge in [-0.2, -0.15) is 0 Å². The summed E-state index contributed by atoms with van der Waals surface area (Å²) in [4.78, 5) is 20.7. The van der Waals surface area contributed by atoms with Gasteiger partial charge in [-0.25, -0.2) is 9.97 Å². The number of methoxy groups -OCH3 is 1. The number of benzene rings is 2. The lowest BCUT2D eigenvalue weighted by Crippen LogP contribution is -2.15. The number of para-hydroxylation sites is 1. The normalized spacial score (nSPS) is 10.1. The lowest BCUT2D eigenvalue weighted by atomic mass is 10.2. The minimum atomic E-state index is -0.277. The minimum Gasteiger partial charge on any atom is -0.497 e. The molecule has 0 aliphatic rings. The topological polar surface area (TPSA) is 76.1 Å². The Balaban J connectivity index is 1.63. The Bertz CT molecular complexity index is 836. The summed E-state index contributed by atoms with van der Waals surface area (Å²) in [6.45, 7) is 0.549. The quantitative estimate of drug-likeness (QED) is 0.723. The highest BCUT2D eigenvalue weighted by molar-refractivity contribution is 6.02. The first-order chi connectivity index (χ1) is 12.2. The molecule has 0 aliphatic carbocycles. The van der Waals surface area contributed by atoms with Crippen LogP contribution >= 0.6 is 0 Å². The van der Waals surface area contributed by atoms with E-state index in [0.29, 0.717) is 18.2 Å².